The van der Waals surface area contributed by atoms with E-state index in [4.69, 9.17) is 4.74 Å². The van der Waals surface area contributed by atoms with Crippen molar-refractivity contribution in [3.63, 3.8) is 0 Å². The minimum atomic E-state index is 0.462. The Balaban J connectivity index is 3.56. The molecule has 2 nitrogen and oxygen atoms in total. The first-order valence-corrected chi connectivity index (χ1v) is 7.02. The van der Waals surface area contributed by atoms with Crippen molar-refractivity contribution in [2.24, 2.45) is 5.41 Å². The maximum absolute atomic E-state index is 5.56. The number of hydrogen-bond donors (Lipinski definition) is 0. The topological polar surface area (TPSA) is 12.5 Å². The van der Waals surface area contributed by atoms with E-state index in [1.54, 1.807) is 0 Å². The summed E-state index contributed by atoms with van der Waals surface area (Å²) in [4.78, 5) is 2.25. The zero-order valence-electron chi connectivity index (χ0n) is 12.9. The molecule has 0 amide bonds. The van der Waals surface area contributed by atoms with Crippen LogP contribution in [-0.4, -0.2) is 38.8 Å². The fraction of sp³-hybridized carbons (Fsp3) is 1.00. The summed E-state index contributed by atoms with van der Waals surface area (Å²) in [5.41, 5.74) is 0.462. The number of ether oxygens (including phenoxy) is 1. The van der Waals surface area contributed by atoms with Gasteiger partial charge in [-0.05, 0) is 58.2 Å². The third-order valence-electron chi connectivity index (χ3n) is 3.17. The van der Waals surface area contributed by atoms with Crippen molar-refractivity contribution >= 4 is 0 Å². The molecule has 0 unspecified atom stereocenters. The summed E-state index contributed by atoms with van der Waals surface area (Å²) < 4.78 is 5.56. The van der Waals surface area contributed by atoms with Gasteiger partial charge in [0.15, 0.2) is 0 Å². The highest BCUT2D eigenvalue weighted by atomic mass is 16.5. The van der Waals surface area contributed by atoms with E-state index in [0.29, 0.717) is 11.5 Å². The maximum Gasteiger partial charge on any atom is 0.0571 e. The van der Waals surface area contributed by atoms with Crippen LogP contribution in [0.25, 0.3) is 0 Å². The molecule has 2 heteroatoms. The van der Waals surface area contributed by atoms with E-state index in [0.717, 1.165) is 0 Å². The van der Waals surface area contributed by atoms with E-state index in [1.807, 2.05) is 7.11 Å². The quantitative estimate of drug-likeness (QED) is 0.569. The average Bonchev–Trinajstić information content (AvgIpc) is 2.19. The van der Waals surface area contributed by atoms with Gasteiger partial charge in [-0.2, -0.15) is 0 Å². The molecule has 0 aromatic rings. The molecule has 0 saturated carbocycles. The zero-order chi connectivity index (χ0) is 13.3. The van der Waals surface area contributed by atoms with Crippen molar-refractivity contribution in [1.29, 1.82) is 0 Å². The van der Waals surface area contributed by atoms with Crippen molar-refractivity contribution in [2.75, 3.05) is 27.7 Å². The molecule has 0 radical (unpaired) electrons. The van der Waals surface area contributed by atoms with Gasteiger partial charge in [-0.1, -0.05) is 27.2 Å². The zero-order valence-corrected chi connectivity index (χ0v) is 12.9. The average molecular weight is 243 g/mol. The van der Waals surface area contributed by atoms with E-state index in [-0.39, 0.29) is 0 Å². The normalized spacial score (nSPS) is 14.3. The van der Waals surface area contributed by atoms with Crippen LogP contribution < -0.4 is 0 Å². The van der Waals surface area contributed by atoms with Crippen LogP contribution in [0, 0.1) is 5.41 Å². The lowest BCUT2D eigenvalue weighted by molar-refractivity contribution is 0.0805. The minimum absolute atomic E-state index is 0.462. The number of unbranched alkanes of at least 4 members (excludes halogenated alkanes) is 1. The summed E-state index contributed by atoms with van der Waals surface area (Å²) in [6, 6.07) is 0. The number of nitrogens with zero attached hydrogens (tertiary/aromatic N) is 1. The molecule has 0 aliphatic carbocycles. The highest BCUT2D eigenvalue weighted by Gasteiger charge is 2.12. The molecule has 0 saturated heterocycles. The van der Waals surface area contributed by atoms with Gasteiger partial charge in [0.2, 0.25) is 0 Å². The van der Waals surface area contributed by atoms with E-state index < -0.39 is 0 Å². The van der Waals surface area contributed by atoms with Gasteiger partial charge < -0.3 is 9.64 Å². The fourth-order valence-corrected chi connectivity index (χ4v) is 2.04. The van der Waals surface area contributed by atoms with Crippen molar-refractivity contribution in [3.8, 4) is 0 Å². The Hall–Kier alpha value is -0.0800. The molecule has 0 aliphatic heterocycles. The molecule has 0 aromatic carbocycles. The molecule has 0 fully saturated rings. The van der Waals surface area contributed by atoms with Crippen molar-refractivity contribution in [2.45, 2.75) is 65.4 Å². The second-order valence-corrected chi connectivity index (χ2v) is 6.61. The van der Waals surface area contributed by atoms with Crippen LogP contribution in [0.3, 0.4) is 0 Å². The summed E-state index contributed by atoms with van der Waals surface area (Å²) in [6.07, 6.45) is 8.06. The molecule has 0 heterocycles. The predicted molar refractivity (Wildman–Crippen MR) is 76.5 cm³/mol. The van der Waals surface area contributed by atoms with Gasteiger partial charge in [0.1, 0.15) is 0 Å². The third-order valence-corrected chi connectivity index (χ3v) is 3.17. The maximum atomic E-state index is 5.56. The van der Waals surface area contributed by atoms with Crippen molar-refractivity contribution in [1.82, 2.24) is 4.90 Å². The Morgan fingerprint density at radius 3 is 2.06 bits per heavy atom. The molecule has 104 valence electrons. The first-order valence-electron chi connectivity index (χ1n) is 7.02. The SMILES string of the molecule is CO[C@H](CCCCN(C)C)CCCC(C)(C)C. The molecule has 0 aliphatic rings. The monoisotopic (exact) mass is 243 g/mol. The summed E-state index contributed by atoms with van der Waals surface area (Å²) in [5.74, 6) is 0. The molecule has 17 heavy (non-hydrogen) atoms. The molecular weight excluding hydrogens is 210 g/mol. The largest absolute Gasteiger partial charge is 0.381 e. The lowest BCUT2D eigenvalue weighted by Crippen LogP contribution is -2.15. The Morgan fingerprint density at radius 1 is 1.00 bits per heavy atom. The van der Waals surface area contributed by atoms with Gasteiger partial charge in [0, 0.05) is 7.11 Å². The van der Waals surface area contributed by atoms with E-state index in [9.17, 15) is 0 Å². The molecule has 0 bridgehead atoms. The molecule has 1 atom stereocenters. The summed E-state index contributed by atoms with van der Waals surface area (Å²) >= 11 is 0. The van der Waals surface area contributed by atoms with E-state index >= 15 is 0 Å². The summed E-state index contributed by atoms with van der Waals surface area (Å²) in [7, 11) is 6.13. The molecule has 0 rings (SSSR count). The predicted octanol–water partition coefficient (Wildman–Crippen LogP) is 3.95. The van der Waals surface area contributed by atoms with Crippen molar-refractivity contribution < 1.29 is 4.74 Å². The Labute approximate surface area is 109 Å². The van der Waals surface area contributed by atoms with Crippen molar-refractivity contribution in [3.05, 3.63) is 0 Å². The number of rotatable bonds is 9. The van der Waals surface area contributed by atoms with Crippen LogP contribution in [0.15, 0.2) is 0 Å². The highest BCUT2D eigenvalue weighted by molar-refractivity contribution is 4.65. The molecule has 0 spiro atoms. The van der Waals surface area contributed by atoms with Crippen LogP contribution in [0.5, 0.6) is 0 Å². The van der Waals surface area contributed by atoms with Crippen LogP contribution in [0.4, 0.5) is 0 Å². The first-order chi connectivity index (χ1) is 7.85. The second-order valence-electron chi connectivity index (χ2n) is 6.61. The molecule has 0 aromatic heterocycles. The van der Waals surface area contributed by atoms with Gasteiger partial charge in [-0.15, -0.1) is 0 Å². The smallest absolute Gasteiger partial charge is 0.0571 e. The van der Waals surface area contributed by atoms with Gasteiger partial charge in [-0.3, -0.25) is 0 Å². The lowest BCUT2D eigenvalue weighted by Gasteiger charge is -2.20. The first kappa shape index (κ1) is 16.9. The minimum Gasteiger partial charge on any atom is -0.381 e. The van der Waals surface area contributed by atoms with E-state index in [1.165, 1.54) is 45.1 Å². The van der Waals surface area contributed by atoms with Gasteiger partial charge in [-0.25, -0.2) is 0 Å². The van der Waals surface area contributed by atoms with Crippen LogP contribution >= 0.6 is 0 Å². The summed E-state index contributed by atoms with van der Waals surface area (Å²) in [6.45, 7) is 8.13. The van der Waals surface area contributed by atoms with Crippen LogP contribution in [-0.2, 0) is 4.74 Å². The Kier molecular flexibility index (Phi) is 8.89. The van der Waals surface area contributed by atoms with E-state index in [2.05, 4.69) is 39.8 Å². The summed E-state index contributed by atoms with van der Waals surface area (Å²) in [5, 5.41) is 0. The second kappa shape index (κ2) is 8.93. The van der Waals surface area contributed by atoms with Gasteiger partial charge >= 0.3 is 0 Å². The lowest BCUT2D eigenvalue weighted by atomic mass is 9.89. The number of hydrogen-bond acceptors (Lipinski definition) is 2. The van der Waals surface area contributed by atoms with Gasteiger partial charge in [0.25, 0.3) is 0 Å². The fourth-order valence-electron chi connectivity index (χ4n) is 2.04. The Morgan fingerprint density at radius 2 is 1.59 bits per heavy atom. The number of methoxy groups -OCH3 is 1. The van der Waals surface area contributed by atoms with Gasteiger partial charge in [0.05, 0.1) is 6.10 Å². The highest BCUT2D eigenvalue weighted by Crippen LogP contribution is 2.23. The Bertz CT molecular complexity index is 172. The van der Waals surface area contributed by atoms with Crippen LogP contribution in [0.1, 0.15) is 59.3 Å². The molecule has 0 N–H and O–H groups in total. The standard InChI is InChI=1S/C15H33NO/c1-15(2,3)12-9-11-14(17-6)10-7-8-13-16(4)5/h14H,7-13H2,1-6H3/t14-/m1/s1. The van der Waals surface area contributed by atoms with Crippen LogP contribution in [0.2, 0.25) is 0 Å². The molecular formula is C15H33NO. The third kappa shape index (κ3) is 12.2.